The van der Waals surface area contributed by atoms with Gasteiger partial charge in [-0.25, -0.2) is 0 Å². The number of hydrogen-bond acceptors (Lipinski definition) is 3. The van der Waals surface area contributed by atoms with Crippen LogP contribution in [0, 0.1) is 17.0 Å². The summed E-state index contributed by atoms with van der Waals surface area (Å²) in [5.41, 5.74) is 0.825. The second kappa shape index (κ2) is 6.47. The van der Waals surface area contributed by atoms with Gasteiger partial charge in [0, 0.05) is 22.1 Å². The standard InChI is InChI=1S/C11H13Cl2NO2S/c1-7-5-10(14(15)16)9(13)6-11(7)17-8(2)3-4-12/h5-6,8H,3-4H2,1-2H3. The van der Waals surface area contributed by atoms with Gasteiger partial charge < -0.3 is 0 Å². The van der Waals surface area contributed by atoms with Gasteiger partial charge in [0.15, 0.2) is 0 Å². The molecule has 3 nitrogen and oxygen atoms in total. The average Bonchev–Trinajstić information content (AvgIpc) is 2.22. The first-order valence-electron chi connectivity index (χ1n) is 5.13. The topological polar surface area (TPSA) is 43.1 Å². The molecule has 0 aliphatic carbocycles. The lowest BCUT2D eigenvalue weighted by Gasteiger charge is -2.11. The van der Waals surface area contributed by atoms with Crippen LogP contribution in [0.5, 0.6) is 0 Å². The minimum atomic E-state index is -0.466. The van der Waals surface area contributed by atoms with Crippen molar-refractivity contribution in [3.05, 3.63) is 32.8 Å². The minimum Gasteiger partial charge on any atom is -0.258 e. The molecule has 94 valence electrons. The van der Waals surface area contributed by atoms with Crippen molar-refractivity contribution in [2.24, 2.45) is 0 Å². The van der Waals surface area contributed by atoms with Gasteiger partial charge in [0.25, 0.3) is 5.69 Å². The van der Waals surface area contributed by atoms with Crippen LogP contribution >= 0.6 is 35.0 Å². The fourth-order valence-electron chi connectivity index (χ4n) is 1.34. The summed E-state index contributed by atoms with van der Waals surface area (Å²) in [4.78, 5) is 11.2. The highest BCUT2D eigenvalue weighted by Gasteiger charge is 2.16. The first kappa shape index (κ1) is 14.6. The van der Waals surface area contributed by atoms with Crippen LogP contribution in [0.2, 0.25) is 5.02 Å². The van der Waals surface area contributed by atoms with E-state index in [4.69, 9.17) is 23.2 Å². The maximum absolute atomic E-state index is 10.7. The van der Waals surface area contributed by atoms with E-state index in [-0.39, 0.29) is 10.7 Å². The summed E-state index contributed by atoms with van der Waals surface area (Å²) in [5.74, 6) is 0.605. The van der Waals surface area contributed by atoms with Gasteiger partial charge in [0.05, 0.1) is 4.92 Å². The van der Waals surface area contributed by atoms with E-state index in [1.54, 1.807) is 17.8 Å². The Balaban J connectivity index is 2.95. The van der Waals surface area contributed by atoms with Crippen LogP contribution in [-0.2, 0) is 0 Å². The van der Waals surface area contributed by atoms with E-state index in [1.807, 2.05) is 6.92 Å². The lowest BCUT2D eigenvalue weighted by molar-refractivity contribution is -0.384. The molecule has 17 heavy (non-hydrogen) atoms. The molecule has 1 aromatic carbocycles. The van der Waals surface area contributed by atoms with Crippen LogP contribution in [0.1, 0.15) is 18.9 Å². The van der Waals surface area contributed by atoms with Crippen molar-refractivity contribution in [3.8, 4) is 0 Å². The lowest BCUT2D eigenvalue weighted by atomic mass is 10.2. The molecule has 0 saturated carbocycles. The Morgan fingerprint density at radius 2 is 2.18 bits per heavy atom. The molecule has 1 rings (SSSR count). The fourth-order valence-corrected chi connectivity index (χ4v) is 3.20. The molecule has 0 aromatic heterocycles. The van der Waals surface area contributed by atoms with Crippen LogP contribution < -0.4 is 0 Å². The molecule has 1 aromatic rings. The van der Waals surface area contributed by atoms with Gasteiger partial charge in [0.2, 0.25) is 0 Å². The van der Waals surface area contributed by atoms with Gasteiger partial charge in [-0.1, -0.05) is 18.5 Å². The second-order valence-electron chi connectivity index (χ2n) is 3.73. The fraction of sp³-hybridized carbons (Fsp3) is 0.455. The number of nitro groups is 1. The summed E-state index contributed by atoms with van der Waals surface area (Å²) in [7, 11) is 0. The number of alkyl halides is 1. The van der Waals surface area contributed by atoms with Gasteiger partial charge in [-0.3, -0.25) is 10.1 Å². The Kier molecular flexibility index (Phi) is 5.56. The zero-order valence-corrected chi connectivity index (χ0v) is 11.9. The number of aryl methyl sites for hydroxylation is 1. The molecule has 1 unspecified atom stereocenters. The van der Waals surface area contributed by atoms with Gasteiger partial charge in [0.1, 0.15) is 5.02 Å². The molecule has 0 radical (unpaired) electrons. The third-order valence-corrected chi connectivity index (χ3v) is 4.14. The van der Waals surface area contributed by atoms with E-state index in [0.29, 0.717) is 11.1 Å². The molecule has 0 saturated heterocycles. The number of halogens is 2. The summed E-state index contributed by atoms with van der Waals surface area (Å²) in [6.45, 7) is 3.92. The quantitative estimate of drug-likeness (QED) is 0.343. The summed E-state index contributed by atoms with van der Waals surface area (Å²) in [6, 6.07) is 3.17. The number of thioether (sulfide) groups is 1. The summed E-state index contributed by atoms with van der Waals surface area (Å²) in [6.07, 6.45) is 0.889. The number of benzene rings is 1. The first-order valence-corrected chi connectivity index (χ1v) is 6.92. The van der Waals surface area contributed by atoms with Crippen molar-refractivity contribution in [1.29, 1.82) is 0 Å². The molecule has 6 heteroatoms. The van der Waals surface area contributed by atoms with Crippen molar-refractivity contribution in [1.82, 2.24) is 0 Å². The Labute approximate surface area is 115 Å². The van der Waals surface area contributed by atoms with Crippen molar-refractivity contribution < 1.29 is 4.92 Å². The summed E-state index contributed by atoms with van der Waals surface area (Å²) in [5, 5.41) is 11.3. The SMILES string of the molecule is Cc1cc([N+](=O)[O-])c(Cl)cc1SC(C)CCCl. The maximum atomic E-state index is 10.7. The van der Waals surface area contributed by atoms with Gasteiger partial charge in [-0.15, -0.1) is 23.4 Å². The highest BCUT2D eigenvalue weighted by atomic mass is 35.5. The molecule has 0 amide bonds. The Morgan fingerprint density at radius 1 is 1.53 bits per heavy atom. The van der Waals surface area contributed by atoms with Crippen LogP contribution in [0.4, 0.5) is 5.69 Å². The monoisotopic (exact) mass is 293 g/mol. The van der Waals surface area contributed by atoms with Gasteiger partial charge in [-0.2, -0.15) is 0 Å². The van der Waals surface area contributed by atoms with E-state index >= 15 is 0 Å². The van der Waals surface area contributed by atoms with Gasteiger partial charge in [-0.05, 0) is 25.0 Å². The van der Waals surface area contributed by atoms with E-state index in [1.165, 1.54) is 6.07 Å². The van der Waals surface area contributed by atoms with Crippen molar-refractivity contribution in [3.63, 3.8) is 0 Å². The Morgan fingerprint density at radius 3 is 2.71 bits per heavy atom. The lowest BCUT2D eigenvalue weighted by Crippen LogP contribution is -1.98. The third kappa shape index (κ3) is 4.05. The Hall–Kier alpha value is -0.450. The predicted molar refractivity (Wildman–Crippen MR) is 73.5 cm³/mol. The first-order chi connectivity index (χ1) is 7.95. The maximum Gasteiger partial charge on any atom is 0.288 e. The second-order valence-corrected chi connectivity index (χ2v) is 6.00. The Bertz CT molecular complexity index is 426. The van der Waals surface area contributed by atoms with Crippen molar-refractivity contribution in [2.45, 2.75) is 30.4 Å². The van der Waals surface area contributed by atoms with Crippen LogP contribution in [0.3, 0.4) is 0 Å². The van der Waals surface area contributed by atoms with E-state index in [2.05, 4.69) is 6.92 Å². The number of rotatable bonds is 5. The zero-order valence-electron chi connectivity index (χ0n) is 9.57. The van der Waals surface area contributed by atoms with Crippen LogP contribution in [0.25, 0.3) is 0 Å². The third-order valence-electron chi connectivity index (χ3n) is 2.28. The zero-order chi connectivity index (χ0) is 13.0. The largest absolute Gasteiger partial charge is 0.288 e. The molecule has 0 spiro atoms. The van der Waals surface area contributed by atoms with Crippen molar-refractivity contribution in [2.75, 3.05) is 5.88 Å². The van der Waals surface area contributed by atoms with Crippen LogP contribution in [0.15, 0.2) is 17.0 Å². The summed E-state index contributed by atoms with van der Waals surface area (Å²) >= 11 is 13.2. The highest BCUT2D eigenvalue weighted by molar-refractivity contribution is 8.00. The van der Waals surface area contributed by atoms with Gasteiger partial charge >= 0.3 is 0 Å². The molecule has 0 aliphatic heterocycles. The highest BCUT2D eigenvalue weighted by Crippen LogP contribution is 2.35. The van der Waals surface area contributed by atoms with E-state index in [0.717, 1.165) is 16.9 Å². The molecule has 0 aliphatic rings. The summed E-state index contributed by atoms with van der Waals surface area (Å²) < 4.78 is 0. The number of hydrogen-bond donors (Lipinski definition) is 0. The van der Waals surface area contributed by atoms with E-state index in [9.17, 15) is 10.1 Å². The molecular weight excluding hydrogens is 281 g/mol. The van der Waals surface area contributed by atoms with Crippen molar-refractivity contribution >= 4 is 40.7 Å². The average molecular weight is 294 g/mol. The van der Waals surface area contributed by atoms with Crippen LogP contribution in [-0.4, -0.2) is 16.1 Å². The minimum absolute atomic E-state index is 0.0430. The molecule has 0 N–H and O–H groups in total. The smallest absolute Gasteiger partial charge is 0.258 e. The molecule has 0 heterocycles. The molecule has 0 bridgehead atoms. The normalized spacial score (nSPS) is 12.5. The molecule has 0 fully saturated rings. The molecular formula is C11H13Cl2NO2S. The predicted octanol–water partition coefficient (Wildman–Crippen LogP) is 4.67. The number of nitrogens with zero attached hydrogens (tertiary/aromatic N) is 1. The number of nitro benzene ring substituents is 1. The van der Waals surface area contributed by atoms with E-state index < -0.39 is 4.92 Å². The molecule has 1 atom stereocenters.